The standard InChI is InChI=1S/C11H10N6OS2/c1-6(9(18)17-11-12-2-3-19-11)20-10-7-8(14-4-13-7)15-5-16-10/h2-6H,1H3,(H,12,17,18)(H,13,14,15,16)/t6-/m1/s1. The van der Waals surface area contributed by atoms with Crippen molar-refractivity contribution in [3.8, 4) is 0 Å². The van der Waals surface area contributed by atoms with Gasteiger partial charge in [0.2, 0.25) is 5.91 Å². The summed E-state index contributed by atoms with van der Waals surface area (Å²) in [5, 5.41) is 5.57. The molecular weight excluding hydrogens is 296 g/mol. The minimum Gasteiger partial charge on any atom is -0.341 e. The van der Waals surface area contributed by atoms with Gasteiger partial charge in [-0.25, -0.2) is 19.9 Å². The molecule has 3 aromatic heterocycles. The number of carbonyl (C=O) groups excluding carboxylic acids is 1. The van der Waals surface area contributed by atoms with Crippen molar-refractivity contribution >= 4 is 45.3 Å². The van der Waals surface area contributed by atoms with Gasteiger partial charge < -0.3 is 10.3 Å². The van der Waals surface area contributed by atoms with Crippen LogP contribution in [0.1, 0.15) is 6.92 Å². The molecule has 102 valence electrons. The maximum absolute atomic E-state index is 12.1. The fourth-order valence-corrected chi connectivity index (χ4v) is 2.95. The fraction of sp³-hybridized carbons (Fsp3) is 0.182. The fourth-order valence-electron chi connectivity index (χ4n) is 1.55. The molecule has 3 rings (SSSR count). The molecule has 0 aliphatic rings. The quantitative estimate of drug-likeness (QED) is 0.565. The third-order valence-electron chi connectivity index (χ3n) is 2.51. The van der Waals surface area contributed by atoms with E-state index in [9.17, 15) is 4.79 Å². The minimum atomic E-state index is -0.305. The van der Waals surface area contributed by atoms with Gasteiger partial charge in [-0.1, -0.05) is 11.8 Å². The Morgan fingerprint density at radius 1 is 1.40 bits per heavy atom. The van der Waals surface area contributed by atoms with E-state index in [1.165, 1.54) is 29.4 Å². The van der Waals surface area contributed by atoms with Gasteiger partial charge in [0.1, 0.15) is 16.9 Å². The molecular formula is C11H10N6OS2. The van der Waals surface area contributed by atoms with Crippen LogP contribution in [-0.4, -0.2) is 36.1 Å². The van der Waals surface area contributed by atoms with E-state index in [2.05, 4.69) is 30.2 Å². The van der Waals surface area contributed by atoms with E-state index in [4.69, 9.17) is 0 Å². The molecule has 0 saturated heterocycles. The van der Waals surface area contributed by atoms with Crippen LogP contribution >= 0.6 is 23.1 Å². The number of aromatic nitrogens is 5. The van der Waals surface area contributed by atoms with E-state index in [1.807, 2.05) is 12.3 Å². The number of imidazole rings is 1. The van der Waals surface area contributed by atoms with Gasteiger partial charge in [0.25, 0.3) is 0 Å². The van der Waals surface area contributed by atoms with Crippen molar-refractivity contribution in [3.05, 3.63) is 24.2 Å². The molecule has 0 aliphatic heterocycles. The summed E-state index contributed by atoms with van der Waals surface area (Å²) < 4.78 is 0. The maximum atomic E-state index is 12.1. The Kier molecular flexibility index (Phi) is 3.61. The number of nitrogens with one attached hydrogen (secondary N) is 2. The van der Waals surface area contributed by atoms with Crippen LogP contribution in [0.15, 0.2) is 29.3 Å². The van der Waals surface area contributed by atoms with E-state index >= 15 is 0 Å². The summed E-state index contributed by atoms with van der Waals surface area (Å²) in [7, 11) is 0. The third-order valence-corrected chi connectivity index (χ3v) is 4.30. The Morgan fingerprint density at radius 3 is 3.10 bits per heavy atom. The van der Waals surface area contributed by atoms with Crippen LogP contribution in [0.4, 0.5) is 5.13 Å². The number of amides is 1. The lowest BCUT2D eigenvalue weighted by Crippen LogP contribution is -2.22. The summed E-state index contributed by atoms with van der Waals surface area (Å²) >= 11 is 2.73. The molecule has 3 heterocycles. The Hall–Kier alpha value is -2.00. The van der Waals surface area contributed by atoms with Gasteiger partial charge in [-0.15, -0.1) is 11.3 Å². The zero-order valence-electron chi connectivity index (χ0n) is 10.4. The molecule has 1 amide bonds. The van der Waals surface area contributed by atoms with Gasteiger partial charge in [0.05, 0.1) is 11.6 Å². The second-order valence-electron chi connectivity index (χ2n) is 3.87. The number of fused-ring (bicyclic) bond motifs is 1. The number of H-pyrrole nitrogens is 1. The molecule has 0 unspecified atom stereocenters. The number of thiazole rings is 1. The number of nitrogens with zero attached hydrogens (tertiary/aromatic N) is 4. The van der Waals surface area contributed by atoms with Gasteiger partial charge in [-0.3, -0.25) is 4.79 Å². The summed E-state index contributed by atoms with van der Waals surface area (Å²) in [6.45, 7) is 1.82. The van der Waals surface area contributed by atoms with Crippen molar-refractivity contribution in [1.82, 2.24) is 24.9 Å². The van der Waals surface area contributed by atoms with E-state index in [-0.39, 0.29) is 11.2 Å². The molecule has 0 aliphatic carbocycles. The predicted molar refractivity (Wildman–Crippen MR) is 77.7 cm³/mol. The normalized spacial score (nSPS) is 12.4. The van der Waals surface area contributed by atoms with Gasteiger partial charge in [-0.2, -0.15) is 0 Å². The second kappa shape index (κ2) is 5.55. The number of anilines is 1. The monoisotopic (exact) mass is 306 g/mol. The molecule has 20 heavy (non-hydrogen) atoms. The molecule has 0 aromatic carbocycles. The highest BCUT2D eigenvalue weighted by molar-refractivity contribution is 8.00. The van der Waals surface area contributed by atoms with Crippen molar-refractivity contribution in [2.45, 2.75) is 17.2 Å². The smallest absolute Gasteiger partial charge is 0.239 e. The summed E-state index contributed by atoms with van der Waals surface area (Å²) in [5.74, 6) is -0.115. The number of hydrogen-bond donors (Lipinski definition) is 2. The van der Waals surface area contributed by atoms with Crippen LogP contribution in [0.2, 0.25) is 0 Å². The first-order valence-electron chi connectivity index (χ1n) is 5.75. The summed E-state index contributed by atoms with van der Waals surface area (Å²) in [4.78, 5) is 31.3. The summed E-state index contributed by atoms with van der Waals surface area (Å²) in [5.41, 5.74) is 1.33. The van der Waals surface area contributed by atoms with Crippen molar-refractivity contribution in [2.24, 2.45) is 0 Å². The van der Waals surface area contributed by atoms with Crippen molar-refractivity contribution in [1.29, 1.82) is 0 Å². The van der Waals surface area contributed by atoms with E-state index < -0.39 is 0 Å². The molecule has 0 spiro atoms. The topological polar surface area (TPSA) is 96.5 Å². The van der Waals surface area contributed by atoms with Crippen LogP contribution in [0, 0.1) is 0 Å². The van der Waals surface area contributed by atoms with Crippen LogP contribution in [-0.2, 0) is 4.79 Å². The molecule has 1 atom stereocenters. The lowest BCUT2D eigenvalue weighted by Gasteiger charge is -2.09. The van der Waals surface area contributed by atoms with Gasteiger partial charge in [0, 0.05) is 11.6 Å². The average Bonchev–Trinajstić information content (AvgIpc) is 3.09. The highest BCUT2D eigenvalue weighted by Gasteiger charge is 2.18. The Labute approximate surface area is 122 Å². The molecule has 0 radical (unpaired) electrons. The van der Waals surface area contributed by atoms with E-state index in [0.29, 0.717) is 15.8 Å². The molecule has 7 nitrogen and oxygen atoms in total. The Bertz CT molecular complexity index is 725. The number of carbonyl (C=O) groups is 1. The second-order valence-corrected chi connectivity index (χ2v) is 6.09. The average molecular weight is 306 g/mol. The number of thioether (sulfide) groups is 1. The van der Waals surface area contributed by atoms with Crippen molar-refractivity contribution in [3.63, 3.8) is 0 Å². The van der Waals surface area contributed by atoms with Gasteiger partial charge in [-0.05, 0) is 6.92 Å². The highest BCUT2D eigenvalue weighted by Crippen LogP contribution is 2.26. The number of rotatable bonds is 4. The largest absolute Gasteiger partial charge is 0.341 e. The predicted octanol–water partition coefficient (Wildman–Crippen LogP) is 1.93. The highest BCUT2D eigenvalue weighted by atomic mass is 32.2. The summed E-state index contributed by atoms with van der Waals surface area (Å²) in [6, 6.07) is 0. The van der Waals surface area contributed by atoms with Crippen LogP contribution in [0.25, 0.3) is 11.2 Å². The van der Waals surface area contributed by atoms with Crippen LogP contribution in [0.5, 0.6) is 0 Å². The SMILES string of the molecule is C[C@@H](Sc1ncnc2nc[nH]c12)C(=O)Nc1nccs1. The third kappa shape index (κ3) is 2.63. The van der Waals surface area contributed by atoms with E-state index in [1.54, 1.807) is 12.5 Å². The molecule has 3 aromatic rings. The minimum absolute atomic E-state index is 0.115. The van der Waals surface area contributed by atoms with Crippen molar-refractivity contribution in [2.75, 3.05) is 5.32 Å². The first-order chi connectivity index (χ1) is 9.74. The zero-order chi connectivity index (χ0) is 13.9. The molecule has 0 fully saturated rings. The van der Waals surface area contributed by atoms with Crippen molar-refractivity contribution < 1.29 is 4.79 Å². The zero-order valence-corrected chi connectivity index (χ0v) is 12.0. The van der Waals surface area contributed by atoms with Gasteiger partial charge in [0.15, 0.2) is 10.8 Å². The van der Waals surface area contributed by atoms with E-state index in [0.717, 1.165) is 5.52 Å². The summed E-state index contributed by atoms with van der Waals surface area (Å²) in [6.07, 6.45) is 4.65. The first kappa shape index (κ1) is 13.0. The lowest BCUT2D eigenvalue weighted by atomic mass is 10.4. The molecule has 9 heteroatoms. The number of hydrogen-bond acceptors (Lipinski definition) is 7. The van der Waals surface area contributed by atoms with Crippen LogP contribution in [0.3, 0.4) is 0 Å². The lowest BCUT2D eigenvalue weighted by molar-refractivity contribution is -0.115. The molecule has 0 saturated carbocycles. The van der Waals surface area contributed by atoms with Gasteiger partial charge >= 0.3 is 0 Å². The Morgan fingerprint density at radius 2 is 2.30 bits per heavy atom. The Balaban J connectivity index is 1.73. The maximum Gasteiger partial charge on any atom is 0.239 e. The first-order valence-corrected chi connectivity index (χ1v) is 7.51. The number of aromatic amines is 1. The molecule has 2 N–H and O–H groups in total. The van der Waals surface area contributed by atoms with Crippen LogP contribution < -0.4 is 5.32 Å². The molecule has 0 bridgehead atoms.